The molecular formula is C28H23F4N3O2S. The summed E-state index contributed by atoms with van der Waals surface area (Å²) in [6, 6.07) is 22.7. The number of halogens is 4. The molecule has 1 N–H and O–H groups in total. The molecule has 1 aromatic heterocycles. The van der Waals surface area contributed by atoms with E-state index in [1.165, 1.54) is 12.1 Å². The van der Waals surface area contributed by atoms with Gasteiger partial charge in [0.05, 0.1) is 5.56 Å². The minimum atomic E-state index is -4.62. The number of fused-ring (bicyclic) bond motifs is 1. The molecule has 0 saturated heterocycles. The smallest absolute Gasteiger partial charge is 0.365 e. The highest BCUT2D eigenvalue weighted by Gasteiger charge is 2.33. The van der Waals surface area contributed by atoms with Crippen molar-refractivity contribution in [2.75, 3.05) is 11.4 Å². The minimum Gasteiger partial charge on any atom is -0.365 e. The van der Waals surface area contributed by atoms with E-state index in [0.717, 1.165) is 34.0 Å². The van der Waals surface area contributed by atoms with Crippen molar-refractivity contribution in [1.82, 2.24) is 9.71 Å². The van der Waals surface area contributed by atoms with Crippen LogP contribution in [0.15, 0.2) is 96.2 Å². The van der Waals surface area contributed by atoms with Crippen LogP contribution in [0.4, 0.5) is 23.2 Å². The molecule has 3 aromatic carbocycles. The van der Waals surface area contributed by atoms with Gasteiger partial charge in [0.2, 0.25) is 0 Å². The van der Waals surface area contributed by atoms with E-state index in [2.05, 4.69) is 14.6 Å². The molecule has 0 aliphatic carbocycles. The van der Waals surface area contributed by atoms with Crippen molar-refractivity contribution in [1.29, 1.82) is 0 Å². The summed E-state index contributed by atoms with van der Waals surface area (Å²) in [4.78, 5) is 5.63. The Kier molecular flexibility index (Phi) is 6.93. The average molecular weight is 542 g/mol. The number of nitrogens with zero attached hydrogens (tertiary/aromatic N) is 2. The molecular weight excluding hydrogens is 518 g/mol. The van der Waals surface area contributed by atoms with Gasteiger partial charge in [-0.15, -0.1) is 0 Å². The van der Waals surface area contributed by atoms with Crippen LogP contribution in [-0.2, 0) is 29.2 Å². The number of benzene rings is 3. The lowest BCUT2D eigenvalue weighted by Gasteiger charge is -2.36. The summed E-state index contributed by atoms with van der Waals surface area (Å²) in [5, 5.41) is -0.481. The Morgan fingerprint density at radius 1 is 0.921 bits per heavy atom. The van der Waals surface area contributed by atoms with Crippen LogP contribution in [-0.4, -0.2) is 26.0 Å². The lowest BCUT2D eigenvalue weighted by atomic mass is 9.94. The van der Waals surface area contributed by atoms with Gasteiger partial charge in [-0.1, -0.05) is 48.5 Å². The van der Waals surface area contributed by atoms with Gasteiger partial charge in [-0.25, -0.2) is 22.5 Å². The van der Waals surface area contributed by atoms with Crippen molar-refractivity contribution in [2.24, 2.45) is 0 Å². The van der Waals surface area contributed by atoms with Gasteiger partial charge in [0.15, 0.2) is 5.03 Å². The lowest BCUT2D eigenvalue weighted by Crippen LogP contribution is -2.48. The van der Waals surface area contributed by atoms with Crippen LogP contribution in [0, 0.1) is 5.82 Å². The second-order valence-electron chi connectivity index (χ2n) is 9.12. The second kappa shape index (κ2) is 10.2. The fraction of sp³-hybridized carbons (Fsp3) is 0.179. The molecule has 0 radical (unpaired) electrons. The normalized spacial score (nSPS) is 15.8. The van der Waals surface area contributed by atoms with Gasteiger partial charge in [-0.05, 0) is 65.1 Å². The third-order valence-corrected chi connectivity index (χ3v) is 7.82. The molecule has 1 unspecified atom stereocenters. The topological polar surface area (TPSA) is 62.3 Å². The summed E-state index contributed by atoms with van der Waals surface area (Å²) < 4.78 is 80.9. The SMILES string of the molecule is O=S(=O)(NC1Cc2cc(-c3ccc(F)cc3)ccc2N(Cc2ccccc2)C1)c1ccc(C(F)(F)F)cn1. The summed E-state index contributed by atoms with van der Waals surface area (Å²) in [6.07, 6.45) is -3.74. The van der Waals surface area contributed by atoms with Crippen LogP contribution in [0.3, 0.4) is 0 Å². The Morgan fingerprint density at radius 3 is 2.29 bits per heavy atom. The molecule has 1 atom stereocenters. The molecule has 0 bridgehead atoms. The van der Waals surface area contributed by atoms with Gasteiger partial charge >= 0.3 is 6.18 Å². The number of rotatable bonds is 6. The summed E-state index contributed by atoms with van der Waals surface area (Å²) in [7, 11) is -4.18. The summed E-state index contributed by atoms with van der Waals surface area (Å²) in [5.41, 5.74) is 3.53. The number of anilines is 1. The number of hydrogen-bond donors (Lipinski definition) is 1. The standard InChI is InChI=1S/C28H23F4N3O2S/c29-24-10-6-20(7-11-24)21-8-12-26-22(14-21)15-25(18-35(26)17-19-4-2-1-3-5-19)34-38(36,37)27-13-9-23(16-33-27)28(30,31)32/h1-14,16,25,34H,15,17-18H2. The van der Waals surface area contributed by atoms with Gasteiger partial charge in [-0.3, -0.25) is 0 Å². The molecule has 0 amide bonds. The molecule has 1 aliphatic heterocycles. The van der Waals surface area contributed by atoms with Crippen LogP contribution in [0.5, 0.6) is 0 Å². The van der Waals surface area contributed by atoms with E-state index in [1.807, 2.05) is 48.5 Å². The maximum Gasteiger partial charge on any atom is 0.417 e. The molecule has 0 spiro atoms. The number of pyridine rings is 1. The highest BCUT2D eigenvalue weighted by Crippen LogP contribution is 2.34. The van der Waals surface area contributed by atoms with E-state index in [9.17, 15) is 26.0 Å². The Morgan fingerprint density at radius 2 is 1.63 bits per heavy atom. The molecule has 1 aliphatic rings. The first kappa shape index (κ1) is 25.9. The van der Waals surface area contributed by atoms with E-state index in [0.29, 0.717) is 31.8 Å². The fourth-order valence-electron chi connectivity index (χ4n) is 4.59. The van der Waals surface area contributed by atoms with Gasteiger partial charge in [0.25, 0.3) is 10.0 Å². The first-order chi connectivity index (χ1) is 18.1. The maximum atomic E-state index is 13.4. The van der Waals surface area contributed by atoms with E-state index in [1.54, 1.807) is 12.1 Å². The number of aromatic nitrogens is 1. The van der Waals surface area contributed by atoms with E-state index in [4.69, 9.17) is 0 Å². The molecule has 4 aromatic rings. The van der Waals surface area contributed by atoms with Crippen LogP contribution in [0.25, 0.3) is 11.1 Å². The first-order valence-electron chi connectivity index (χ1n) is 11.8. The van der Waals surface area contributed by atoms with Crippen molar-refractivity contribution in [3.8, 4) is 11.1 Å². The molecule has 38 heavy (non-hydrogen) atoms. The predicted octanol–water partition coefficient (Wildman–Crippen LogP) is 5.82. The zero-order valence-corrected chi connectivity index (χ0v) is 20.8. The van der Waals surface area contributed by atoms with E-state index in [-0.39, 0.29) is 5.82 Å². The Hall–Kier alpha value is -3.76. The van der Waals surface area contributed by atoms with Crippen molar-refractivity contribution < 1.29 is 26.0 Å². The lowest BCUT2D eigenvalue weighted by molar-refractivity contribution is -0.137. The molecule has 2 heterocycles. The van der Waals surface area contributed by atoms with E-state index >= 15 is 0 Å². The third kappa shape index (κ3) is 5.71. The Bertz CT molecular complexity index is 1530. The molecule has 5 rings (SSSR count). The highest BCUT2D eigenvalue weighted by molar-refractivity contribution is 7.89. The van der Waals surface area contributed by atoms with Crippen molar-refractivity contribution >= 4 is 15.7 Å². The van der Waals surface area contributed by atoms with Crippen molar-refractivity contribution in [2.45, 2.75) is 30.2 Å². The zero-order valence-electron chi connectivity index (χ0n) is 20.0. The molecule has 196 valence electrons. The zero-order chi connectivity index (χ0) is 26.9. The highest BCUT2D eigenvalue weighted by atomic mass is 32.2. The number of alkyl halides is 3. The van der Waals surface area contributed by atoms with Gasteiger partial charge < -0.3 is 4.90 Å². The number of nitrogens with one attached hydrogen (secondary N) is 1. The largest absolute Gasteiger partial charge is 0.417 e. The molecule has 10 heteroatoms. The van der Waals surface area contributed by atoms with Crippen LogP contribution in [0.2, 0.25) is 0 Å². The molecule has 0 saturated carbocycles. The predicted molar refractivity (Wildman–Crippen MR) is 136 cm³/mol. The first-order valence-corrected chi connectivity index (χ1v) is 13.3. The quantitative estimate of drug-likeness (QED) is 0.313. The maximum absolute atomic E-state index is 13.4. The fourth-order valence-corrected chi connectivity index (χ4v) is 5.75. The number of sulfonamides is 1. The van der Waals surface area contributed by atoms with Crippen LogP contribution < -0.4 is 9.62 Å². The molecule has 0 fully saturated rings. The second-order valence-corrected chi connectivity index (χ2v) is 10.8. The summed E-state index contributed by atoms with van der Waals surface area (Å²) in [5.74, 6) is -0.341. The van der Waals surface area contributed by atoms with Crippen LogP contribution in [0.1, 0.15) is 16.7 Å². The summed E-state index contributed by atoms with van der Waals surface area (Å²) >= 11 is 0. The monoisotopic (exact) mass is 541 g/mol. The van der Waals surface area contributed by atoms with Crippen LogP contribution >= 0.6 is 0 Å². The number of hydrogen-bond acceptors (Lipinski definition) is 4. The third-order valence-electron chi connectivity index (χ3n) is 6.38. The van der Waals surface area contributed by atoms with Gasteiger partial charge in [-0.2, -0.15) is 13.2 Å². The average Bonchev–Trinajstić information content (AvgIpc) is 2.89. The molecule has 5 nitrogen and oxygen atoms in total. The van der Waals surface area contributed by atoms with Crippen molar-refractivity contribution in [3.05, 3.63) is 114 Å². The van der Waals surface area contributed by atoms with E-state index < -0.39 is 32.8 Å². The van der Waals surface area contributed by atoms with Gasteiger partial charge in [0, 0.05) is 31.0 Å². The van der Waals surface area contributed by atoms with Gasteiger partial charge in [0.1, 0.15) is 5.82 Å². The summed E-state index contributed by atoms with van der Waals surface area (Å²) in [6.45, 7) is 0.873. The van der Waals surface area contributed by atoms with Crippen molar-refractivity contribution in [3.63, 3.8) is 0 Å². The Labute approximate surface area is 217 Å². The minimum absolute atomic E-state index is 0.341. The Balaban J connectivity index is 1.45.